The molecule has 146 valence electrons. The van der Waals surface area contributed by atoms with Crippen LogP contribution in [0.4, 0.5) is 11.4 Å². The van der Waals surface area contributed by atoms with Crippen molar-refractivity contribution in [2.75, 3.05) is 29.5 Å². The van der Waals surface area contributed by atoms with E-state index in [1.807, 2.05) is 45.0 Å². The van der Waals surface area contributed by atoms with Gasteiger partial charge in [0.05, 0.1) is 19.1 Å². The SMILES string of the molecule is CCc1cccc(C)c1NC(=O)CN(c1cc(C)ccc1OC)S(C)(=O)=O. The molecule has 0 heterocycles. The van der Waals surface area contributed by atoms with Crippen LogP contribution in [0.15, 0.2) is 36.4 Å². The van der Waals surface area contributed by atoms with E-state index in [4.69, 9.17) is 4.74 Å². The molecule has 0 aromatic heterocycles. The quantitative estimate of drug-likeness (QED) is 0.787. The number of hydrogen-bond acceptors (Lipinski definition) is 4. The van der Waals surface area contributed by atoms with E-state index >= 15 is 0 Å². The Labute approximate surface area is 161 Å². The van der Waals surface area contributed by atoms with Gasteiger partial charge in [-0.25, -0.2) is 8.42 Å². The molecule has 1 amide bonds. The zero-order valence-electron chi connectivity index (χ0n) is 16.4. The first-order valence-corrected chi connectivity index (χ1v) is 10.5. The van der Waals surface area contributed by atoms with Gasteiger partial charge in [-0.1, -0.05) is 31.2 Å². The maximum atomic E-state index is 12.7. The standard InChI is InChI=1S/C20H26N2O4S/c1-6-16-9-7-8-15(3)20(16)21-19(23)13-22(27(5,24)25)17-12-14(2)10-11-18(17)26-4/h7-12H,6,13H2,1-5H3,(H,21,23). The van der Waals surface area contributed by atoms with Gasteiger partial charge in [0, 0.05) is 5.69 Å². The van der Waals surface area contributed by atoms with Crippen molar-refractivity contribution in [2.24, 2.45) is 0 Å². The normalized spacial score (nSPS) is 11.1. The molecule has 0 saturated heterocycles. The van der Waals surface area contributed by atoms with Crippen molar-refractivity contribution in [3.8, 4) is 5.75 Å². The van der Waals surface area contributed by atoms with Crippen molar-refractivity contribution in [3.63, 3.8) is 0 Å². The molecule has 0 unspecified atom stereocenters. The van der Waals surface area contributed by atoms with Gasteiger partial charge < -0.3 is 10.1 Å². The van der Waals surface area contributed by atoms with Gasteiger partial charge in [-0.3, -0.25) is 9.10 Å². The predicted octanol–water partition coefficient (Wildman–Crippen LogP) is 3.28. The van der Waals surface area contributed by atoms with Crippen LogP contribution < -0.4 is 14.4 Å². The summed E-state index contributed by atoms with van der Waals surface area (Å²) in [6.45, 7) is 5.43. The number of aryl methyl sites for hydroxylation is 3. The highest BCUT2D eigenvalue weighted by Crippen LogP contribution is 2.31. The third-order valence-electron chi connectivity index (χ3n) is 4.29. The van der Waals surface area contributed by atoms with E-state index in [2.05, 4.69) is 5.32 Å². The Bertz CT molecular complexity index is 939. The van der Waals surface area contributed by atoms with Crippen molar-refractivity contribution in [3.05, 3.63) is 53.1 Å². The topological polar surface area (TPSA) is 75.7 Å². The summed E-state index contributed by atoms with van der Waals surface area (Å²) >= 11 is 0. The summed E-state index contributed by atoms with van der Waals surface area (Å²) in [6, 6.07) is 11.0. The number of carbonyl (C=O) groups excluding carboxylic acids is 1. The first kappa shape index (κ1) is 20.8. The molecule has 2 aromatic carbocycles. The van der Waals surface area contributed by atoms with Crippen LogP contribution >= 0.6 is 0 Å². The fraction of sp³-hybridized carbons (Fsp3) is 0.350. The monoisotopic (exact) mass is 390 g/mol. The average Bonchev–Trinajstić information content (AvgIpc) is 2.60. The number of carbonyl (C=O) groups is 1. The summed E-state index contributed by atoms with van der Waals surface area (Å²) in [4.78, 5) is 12.7. The maximum absolute atomic E-state index is 12.7. The van der Waals surface area contributed by atoms with Gasteiger partial charge >= 0.3 is 0 Å². The van der Waals surface area contributed by atoms with Crippen molar-refractivity contribution in [1.29, 1.82) is 0 Å². The molecule has 1 N–H and O–H groups in total. The van der Waals surface area contributed by atoms with Gasteiger partial charge in [0.25, 0.3) is 0 Å². The number of sulfonamides is 1. The Balaban J connectivity index is 2.36. The number of nitrogens with zero attached hydrogens (tertiary/aromatic N) is 1. The second kappa shape index (κ2) is 8.43. The van der Waals surface area contributed by atoms with Crippen LogP contribution in [0.5, 0.6) is 5.75 Å². The fourth-order valence-corrected chi connectivity index (χ4v) is 3.74. The number of benzene rings is 2. The van der Waals surface area contributed by atoms with E-state index in [0.717, 1.165) is 39.4 Å². The number of para-hydroxylation sites is 1. The van der Waals surface area contributed by atoms with Crippen LogP contribution in [0.2, 0.25) is 0 Å². The average molecular weight is 391 g/mol. The number of ether oxygens (including phenoxy) is 1. The first-order chi connectivity index (χ1) is 12.7. The molecule has 27 heavy (non-hydrogen) atoms. The molecule has 2 rings (SSSR count). The van der Waals surface area contributed by atoms with Gasteiger partial charge in [0.1, 0.15) is 12.3 Å². The van der Waals surface area contributed by atoms with Crippen LogP contribution in [0.25, 0.3) is 0 Å². The molecule has 0 bridgehead atoms. The van der Waals surface area contributed by atoms with Crippen LogP contribution in [0.1, 0.15) is 23.6 Å². The minimum absolute atomic E-state index is 0.337. The second-order valence-corrected chi connectivity index (χ2v) is 8.36. The highest BCUT2D eigenvalue weighted by Gasteiger charge is 2.24. The Kier molecular flexibility index (Phi) is 6.49. The number of rotatable bonds is 7. The molecule has 2 aromatic rings. The molecular formula is C20H26N2O4S. The minimum atomic E-state index is -3.69. The summed E-state index contributed by atoms with van der Waals surface area (Å²) in [5.41, 5.74) is 3.88. The zero-order valence-corrected chi connectivity index (χ0v) is 17.2. The maximum Gasteiger partial charge on any atom is 0.245 e. The number of anilines is 2. The number of amides is 1. The molecule has 0 aliphatic rings. The third kappa shape index (κ3) is 5.01. The van der Waals surface area contributed by atoms with Crippen LogP contribution in [0, 0.1) is 13.8 Å². The summed E-state index contributed by atoms with van der Waals surface area (Å²) in [7, 11) is -2.22. The van der Waals surface area contributed by atoms with Gasteiger partial charge in [0.15, 0.2) is 0 Å². The van der Waals surface area contributed by atoms with E-state index in [0.29, 0.717) is 11.4 Å². The smallest absolute Gasteiger partial charge is 0.245 e. The Morgan fingerprint density at radius 1 is 1.19 bits per heavy atom. The molecule has 0 aliphatic heterocycles. The minimum Gasteiger partial charge on any atom is -0.495 e. The lowest BCUT2D eigenvalue weighted by Crippen LogP contribution is -2.38. The number of hydrogen-bond donors (Lipinski definition) is 1. The van der Waals surface area contributed by atoms with Gasteiger partial charge in [-0.05, 0) is 49.1 Å². The first-order valence-electron chi connectivity index (χ1n) is 8.68. The van der Waals surface area contributed by atoms with Crippen LogP contribution in [0.3, 0.4) is 0 Å². The lowest BCUT2D eigenvalue weighted by molar-refractivity contribution is -0.114. The van der Waals surface area contributed by atoms with E-state index in [1.54, 1.807) is 12.1 Å². The van der Waals surface area contributed by atoms with E-state index in [-0.39, 0.29) is 6.54 Å². The summed E-state index contributed by atoms with van der Waals surface area (Å²) in [5, 5.41) is 2.87. The number of methoxy groups -OCH3 is 1. The molecule has 0 atom stereocenters. The van der Waals surface area contributed by atoms with Crippen LogP contribution in [-0.4, -0.2) is 34.2 Å². The largest absolute Gasteiger partial charge is 0.495 e. The molecule has 0 aliphatic carbocycles. The highest BCUT2D eigenvalue weighted by atomic mass is 32.2. The summed E-state index contributed by atoms with van der Waals surface area (Å²) in [5.74, 6) is -0.0167. The van der Waals surface area contributed by atoms with Gasteiger partial charge in [0.2, 0.25) is 15.9 Å². The Morgan fingerprint density at radius 3 is 2.48 bits per heavy atom. The van der Waals surface area contributed by atoms with Gasteiger partial charge in [-0.2, -0.15) is 0 Å². The third-order valence-corrected chi connectivity index (χ3v) is 5.42. The second-order valence-electron chi connectivity index (χ2n) is 6.46. The summed E-state index contributed by atoms with van der Waals surface area (Å²) < 4.78 is 31.1. The van der Waals surface area contributed by atoms with Crippen molar-refractivity contribution in [2.45, 2.75) is 27.2 Å². The molecule has 7 heteroatoms. The highest BCUT2D eigenvalue weighted by molar-refractivity contribution is 7.92. The van der Waals surface area contributed by atoms with E-state index in [9.17, 15) is 13.2 Å². The molecule has 0 fully saturated rings. The molecule has 0 spiro atoms. The summed E-state index contributed by atoms with van der Waals surface area (Å²) in [6.07, 6.45) is 1.84. The molecular weight excluding hydrogens is 364 g/mol. The lowest BCUT2D eigenvalue weighted by Gasteiger charge is -2.24. The zero-order chi connectivity index (χ0) is 20.2. The fourth-order valence-electron chi connectivity index (χ4n) is 2.89. The Morgan fingerprint density at radius 2 is 1.89 bits per heavy atom. The van der Waals surface area contributed by atoms with E-state index in [1.165, 1.54) is 7.11 Å². The molecule has 0 radical (unpaired) electrons. The molecule has 0 saturated carbocycles. The van der Waals surface area contributed by atoms with E-state index < -0.39 is 15.9 Å². The van der Waals surface area contributed by atoms with Crippen molar-refractivity contribution < 1.29 is 17.9 Å². The Hall–Kier alpha value is -2.54. The molecule has 6 nitrogen and oxygen atoms in total. The lowest BCUT2D eigenvalue weighted by atomic mass is 10.1. The van der Waals surface area contributed by atoms with Gasteiger partial charge in [-0.15, -0.1) is 0 Å². The number of nitrogens with one attached hydrogen (secondary N) is 1. The van der Waals surface area contributed by atoms with Crippen LogP contribution in [-0.2, 0) is 21.2 Å². The van der Waals surface area contributed by atoms with Crippen molar-refractivity contribution >= 4 is 27.3 Å². The van der Waals surface area contributed by atoms with Crippen molar-refractivity contribution in [1.82, 2.24) is 0 Å². The predicted molar refractivity (Wildman–Crippen MR) is 109 cm³/mol.